The van der Waals surface area contributed by atoms with Gasteiger partial charge in [-0.2, -0.15) is 0 Å². The van der Waals surface area contributed by atoms with Crippen LogP contribution in [-0.2, 0) is 32.6 Å². The first-order valence-electron chi connectivity index (χ1n) is 14.7. The van der Waals surface area contributed by atoms with Crippen molar-refractivity contribution in [3.63, 3.8) is 0 Å². The summed E-state index contributed by atoms with van der Waals surface area (Å²) < 4.78 is 48.0. The van der Waals surface area contributed by atoms with Crippen molar-refractivity contribution in [1.82, 2.24) is 10.2 Å². The molecule has 10 heteroatoms. The molecule has 0 heterocycles. The minimum Gasteiger partial charge on any atom is -0.497 e. The molecule has 0 aliphatic heterocycles. The summed E-state index contributed by atoms with van der Waals surface area (Å²) in [4.78, 5) is 29.6. The molecular weight excluding hydrogens is 593 g/mol. The van der Waals surface area contributed by atoms with Crippen LogP contribution in [0.2, 0.25) is 0 Å². The molecule has 2 atom stereocenters. The van der Waals surface area contributed by atoms with Crippen LogP contribution < -0.4 is 14.4 Å². The van der Waals surface area contributed by atoms with E-state index in [1.165, 1.54) is 12.0 Å². The Labute approximate surface area is 264 Å². The third-order valence-corrected chi connectivity index (χ3v) is 9.27. The Bertz CT molecular complexity index is 1670. The summed E-state index contributed by atoms with van der Waals surface area (Å²) in [6.07, 6.45) is 0.889. The molecule has 0 saturated heterocycles. The summed E-state index contributed by atoms with van der Waals surface area (Å²) in [7, 11) is -2.77. The lowest BCUT2D eigenvalue weighted by atomic mass is 10.0. The van der Waals surface area contributed by atoms with Crippen LogP contribution in [0, 0.1) is 5.82 Å². The number of benzene rings is 4. The van der Waals surface area contributed by atoms with E-state index >= 15 is 0 Å². The monoisotopic (exact) mass is 631 g/mol. The van der Waals surface area contributed by atoms with E-state index in [0.29, 0.717) is 17.7 Å². The fraction of sp³-hybridized carbons (Fsp3) is 0.257. The van der Waals surface area contributed by atoms with Crippen molar-refractivity contribution in [2.75, 3.05) is 18.0 Å². The Kier molecular flexibility index (Phi) is 11.3. The van der Waals surface area contributed by atoms with E-state index in [4.69, 9.17) is 4.74 Å². The topological polar surface area (TPSA) is 96.0 Å². The molecule has 0 unspecified atom stereocenters. The first-order chi connectivity index (χ1) is 21.6. The zero-order valence-electron chi connectivity index (χ0n) is 25.6. The second-order valence-corrected chi connectivity index (χ2v) is 12.6. The minimum atomic E-state index is -4.31. The number of amides is 2. The summed E-state index contributed by atoms with van der Waals surface area (Å²) in [6, 6.07) is 28.1. The maximum absolute atomic E-state index is 14.5. The van der Waals surface area contributed by atoms with E-state index in [1.807, 2.05) is 50.2 Å². The summed E-state index contributed by atoms with van der Waals surface area (Å²) >= 11 is 0. The maximum Gasteiger partial charge on any atom is 0.264 e. The number of rotatable bonds is 14. The lowest BCUT2D eigenvalue weighted by molar-refractivity contribution is -0.140. The first-order valence-corrected chi connectivity index (χ1v) is 16.2. The van der Waals surface area contributed by atoms with E-state index in [0.717, 1.165) is 34.1 Å². The van der Waals surface area contributed by atoms with Gasteiger partial charge in [0.15, 0.2) is 0 Å². The number of hydrogen-bond acceptors (Lipinski definition) is 5. The number of sulfonamides is 1. The summed E-state index contributed by atoms with van der Waals surface area (Å²) in [5.74, 6) is -0.949. The van der Waals surface area contributed by atoms with E-state index in [2.05, 4.69) is 5.32 Å². The zero-order chi connectivity index (χ0) is 32.4. The summed E-state index contributed by atoms with van der Waals surface area (Å²) in [5, 5.41) is 3.02. The fourth-order valence-corrected chi connectivity index (χ4v) is 6.23. The Morgan fingerprint density at radius 1 is 0.867 bits per heavy atom. The SMILES string of the molecule is CC[C@@H](C)NC(=O)[C@H](Cc1ccccc1)N(Cc1cccc(OC)c1)C(=O)CN(c1ccccc1)S(=O)(=O)c1ccc(F)cc1. The first kappa shape index (κ1) is 33.2. The van der Waals surface area contributed by atoms with Gasteiger partial charge in [-0.3, -0.25) is 13.9 Å². The highest BCUT2D eigenvalue weighted by molar-refractivity contribution is 7.92. The molecule has 8 nitrogen and oxygen atoms in total. The number of carbonyl (C=O) groups excluding carboxylic acids is 2. The number of nitrogens with one attached hydrogen (secondary N) is 1. The number of carbonyl (C=O) groups is 2. The Hall–Kier alpha value is -4.70. The molecule has 0 aliphatic carbocycles. The second kappa shape index (κ2) is 15.3. The normalized spacial score (nSPS) is 12.5. The largest absolute Gasteiger partial charge is 0.497 e. The van der Waals surface area contributed by atoms with E-state index in [-0.39, 0.29) is 35.5 Å². The minimum absolute atomic E-state index is 0.0146. The number of para-hydroxylation sites is 1. The van der Waals surface area contributed by atoms with Gasteiger partial charge in [0.2, 0.25) is 11.8 Å². The van der Waals surface area contributed by atoms with Gasteiger partial charge in [0.1, 0.15) is 24.2 Å². The molecule has 236 valence electrons. The molecule has 4 rings (SSSR count). The third-order valence-electron chi connectivity index (χ3n) is 7.48. The lowest BCUT2D eigenvalue weighted by Gasteiger charge is -2.34. The molecule has 0 aromatic heterocycles. The predicted octanol–water partition coefficient (Wildman–Crippen LogP) is 5.58. The van der Waals surface area contributed by atoms with Crippen molar-refractivity contribution in [2.24, 2.45) is 0 Å². The Morgan fingerprint density at radius 2 is 1.49 bits per heavy atom. The molecule has 45 heavy (non-hydrogen) atoms. The van der Waals surface area contributed by atoms with Gasteiger partial charge in [0.05, 0.1) is 17.7 Å². The van der Waals surface area contributed by atoms with Crippen LogP contribution in [0.25, 0.3) is 0 Å². The van der Waals surface area contributed by atoms with Gasteiger partial charge >= 0.3 is 0 Å². The highest BCUT2D eigenvalue weighted by Crippen LogP contribution is 2.25. The van der Waals surface area contributed by atoms with Crippen molar-refractivity contribution >= 4 is 27.5 Å². The Morgan fingerprint density at radius 3 is 2.11 bits per heavy atom. The average molecular weight is 632 g/mol. The molecule has 0 fully saturated rings. The molecule has 0 radical (unpaired) electrons. The number of ether oxygens (including phenoxy) is 1. The number of halogens is 1. The van der Waals surface area contributed by atoms with Crippen molar-refractivity contribution < 1.29 is 27.1 Å². The molecular formula is C35H38FN3O5S. The standard InChI is InChI=1S/C35H38FN3O5S/c1-4-26(2)37-35(41)33(23-27-12-7-5-8-13-27)38(24-28-14-11-17-31(22-28)44-3)34(40)25-39(30-15-9-6-10-16-30)45(42,43)32-20-18-29(36)19-21-32/h5-22,26,33H,4,23-25H2,1-3H3,(H,37,41)/t26-,33+/m1/s1. The number of nitrogens with zero attached hydrogens (tertiary/aromatic N) is 2. The van der Waals surface area contributed by atoms with Crippen molar-refractivity contribution in [3.05, 3.63) is 126 Å². The highest BCUT2D eigenvalue weighted by Gasteiger charge is 2.35. The maximum atomic E-state index is 14.5. The quantitative estimate of drug-likeness (QED) is 0.196. The molecule has 0 bridgehead atoms. The summed E-state index contributed by atoms with van der Waals surface area (Å²) in [5.41, 5.74) is 1.79. The molecule has 4 aromatic rings. The molecule has 2 amide bonds. The number of methoxy groups -OCH3 is 1. The molecule has 0 spiro atoms. The predicted molar refractivity (Wildman–Crippen MR) is 173 cm³/mol. The van der Waals surface area contributed by atoms with E-state index in [9.17, 15) is 22.4 Å². The molecule has 0 aliphatic rings. The van der Waals surface area contributed by atoms with Crippen LogP contribution >= 0.6 is 0 Å². The lowest BCUT2D eigenvalue weighted by Crippen LogP contribution is -2.54. The average Bonchev–Trinajstić information content (AvgIpc) is 3.06. The zero-order valence-corrected chi connectivity index (χ0v) is 26.4. The smallest absolute Gasteiger partial charge is 0.264 e. The van der Waals surface area contributed by atoms with E-state index < -0.39 is 34.3 Å². The van der Waals surface area contributed by atoms with Gasteiger partial charge < -0.3 is 15.0 Å². The van der Waals surface area contributed by atoms with Crippen molar-refractivity contribution in [3.8, 4) is 5.75 Å². The van der Waals surface area contributed by atoms with E-state index in [1.54, 1.807) is 48.5 Å². The van der Waals surface area contributed by atoms with Crippen molar-refractivity contribution in [1.29, 1.82) is 0 Å². The Balaban J connectivity index is 1.80. The molecule has 4 aromatic carbocycles. The van der Waals surface area contributed by atoms with Crippen LogP contribution in [0.3, 0.4) is 0 Å². The highest BCUT2D eigenvalue weighted by atomic mass is 32.2. The van der Waals surface area contributed by atoms with Crippen LogP contribution in [0.1, 0.15) is 31.4 Å². The second-order valence-electron chi connectivity index (χ2n) is 10.7. The van der Waals surface area contributed by atoms with Crippen LogP contribution in [0.5, 0.6) is 5.75 Å². The molecule has 1 N–H and O–H groups in total. The molecule has 0 saturated carbocycles. The van der Waals surface area contributed by atoms with Gasteiger partial charge in [-0.1, -0.05) is 67.6 Å². The fourth-order valence-electron chi connectivity index (χ4n) is 4.82. The van der Waals surface area contributed by atoms with Crippen LogP contribution in [-0.4, -0.2) is 50.9 Å². The van der Waals surface area contributed by atoms with Crippen LogP contribution in [0.15, 0.2) is 114 Å². The van der Waals surface area contributed by atoms with Gasteiger partial charge in [0, 0.05) is 19.0 Å². The summed E-state index contributed by atoms with van der Waals surface area (Å²) in [6.45, 7) is 3.25. The number of hydrogen-bond donors (Lipinski definition) is 1. The number of anilines is 1. The van der Waals surface area contributed by atoms with Crippen molar-refractivity contribution in [2.45, 2.75) is 50.2 Å². The van der Waals surface area contributed by atoms with Gasteiger partial charge in [-0.25, -0.2) is 12.8 Å². The van der Waals surface area contributed by atoms with Gasteiger partial charge in [0.25, 0.3) is 10.0 Å². The van der Waals surface area contributed by atoms with Gasteiger partial charge in [-0.05, 0) is 73.0 Å². The van der Waals surface area contributed by atoms with Crippen LogP contribution in [0.4, 0.5) is 10.1 Å². The third kappa shape index (κ3) is 8.69. The van der Waals surface area contributed by atoms with Gasteiger partial charge in [-0.15, -0.1) is 0 Å².